The first-order valence-electron chi connectivity index (χ1n) is 7.99. The Bertz CT molecular complexity index is 646. The average Bonchev–Trinajstić information content (AvgIpc) is 2.99. The Morgan fingerprint density at radius 3 is 2.68 bits per heavy atom. The molecule has 0 fully saturated rings. The number of guanidine groups is 1. The van der Waals surface area contributed by atoms with Crippen molar-refractivity contribution in [2.24, 2.45) is 4.99 Å². The van der Waals surface area contributed by atoms with Crippen molar-refractivity contribution in [3.8, 4) is 0 Å². The Hall–Kier alpha value is -0.870. The minimum atomic E-state index is -0.192. The highest BCUT2D eigenvalue weighted by Gasteiger charge is 2.01. The molecule has 0 saturated heterocycles. The summed E-state index contributed by atoms with van der Waals surface area (Å²) in [5.74, 6) is 1.60. The molecule has 0 aliphatic heterocycles. The minimum absolute atomic E-state index is 0. The molecule has 1 heterocycles. The van der Waals surface area contributed by atoms with E-state index in [1.54, 1.807) is 23.1 Å². The zero-order valence-electron chi connectivity index (χ0n) is 14.4. The Morgan fingerprint density at radius 1 is 1.28 bits per heavy atom. The first-order valence-corrected chi connectivity index (χ1v) is 9.79. The molecule has 0 amide bonds. The van der Waals surface area contributed by atoms with E-state index >= 15 is 0 Å². The smallest absolute Gasteiger partial charge is 0.191 e. The molecular weight excluding hydrogens is 470 g/mol. The third-order valence-electron chi connectivity index (χ3n) is 3.08. The number of thioether (sulfide) groups is 1. The van der Waals surface area contributed by atoms with Gasteiger partial charge in [-0.1, -0.05) is 0 Å². The van der Waals surface area contributed by atoms with Crippen LogP contribution in [0.2, 0.25) is 0 Å². The van der Waals surface area contributed by atoms with Gasteiger partial charge >= 0.3 is 0 Å². The Kier molecular flexibility index (Phi) is 11.1. The fourth-order valence-electron chi connectivity index (χ4n) is 1.96. The lowest BCUT2D eigenvalue weighted by molar-refractivity contribution is 0.626. The number of rotatable bonds is 8. The second-order valence-corrected chi connectivity index (χ2v) is 7.63. The molecular formula is C17H24FIN4S2. The molecule has 8 heteroatoms. The predicted octanol–water partition coefficient (Wildman–Crippen LogP) is 4.45. The van der Waals surface area contributed by atoms with Crippen LogP contribution in [-0.4, -0.2) is 29.8 Å². The average molecular weight is 494 g/mol. The van der Waals surface area contributed by atoms with Crippen LogP contribution in [0.4, 0.5) is 4.39 Å². The number of hydrogen-bond acceptors (Lipinski definition) is 4. The van der Waals surface area contributed by atoms with Gasteiger partial charge in [0.05, 0.1) is 6.54 Å². The van der Waals surface area contributed by atoms with Gasteiger partial charge in [-0.2, -0.15) is 0 Å². The van der Waals surface area contributed by atoms with Crippen molar-refractivity contribution in [3.05, 3.63) is 46.2 Å². The second kappa shape index (κ2) is 12.5. The molecule has 0 atom stereocenters. The third kappa shape index (κ3) is 8.87. The van der Waals surface area contributed by atoms with E-state index in [-0.39, 0.29) is 29.8 Å². The molecule has 25 heavy (non-hydrogen) atoms. The molecule has 0 spiro atoms. The Labute approximate surface area is 174 Å². The summed E-state index contributed by atoms with van der Waals surface area (Å²) in [4.78, 5) is 11.2. The lowest BCUT2D eigenvalue weighted by Crippen LogP contribution is -2.37. The van der Waals surface area contributed by atoms with Crippen molar-refractivity contribution < 1.29 is 4.39 Å². The van der Waals surface area contributed by atoms with E-state index in [4.69, 9.17) is 0 Å². The predicted molar refractivity (Wildman–Crippen MR) is 117 cm³/mol. The van der Waals surface area contributed by atoms with Gasteiger partial charge in [0.15, 0.2) is 5.96 Å². The maximum Gasteiger partial charge on any atom is 0.191 e. The minimum Gasteiger partial charge on any atom is -0.357 e. The number of aliphatic imine (C=N–C) groups is 1. The normalized spacial score (nSPS) is 11.1. The standard InChI is InChI=1S/C17H23FN4S2.HI/c1-3-19-17(22-12-16-21-11-13(2)24-16)20-9-4-10-23-15-7-5-14(18)6-8-15;/h5-8,11H,3-4,9-10,12H2,1-2H3,(H2,19,20,22);1H. The third-order valence-corrected chi connectivity index (χ3v) is 5.08. The number of thiazole rings is 1. The van der Waals surface area contributed by atoms with Crippen LogP contribution in [0.1, 0.15) is 23.2 Å². The van der Waals surface area contributed by atoms with Crippen molar-refractivity contribution in [1.82, 2.24) is 15.6 Å². The van der Waals surface area contributed by atoms with Gasteiger partial charge < -0.3 is 10.6 Å². The number of nitrogens with zero attached hydrogens (tertiary/aromatic N) is 2. The molecule has 0 radical (unpaired) electrons. The molecule has 138 valence electrons. The molecule has 0 aliphatic carbocycles. The molecule has 2 rings (SSSR count). The van der Waals surface area contributed by atoms with Crippen molar-refractivity contribution in [3.63, 3.8) is 0 Å². The number of halogens is 2. The molecule has 4 nitrogen and oxygen atoms in total. The monoisotopic (exact) mass is 494 g/mol. The van der Waals surface area contributed by atoms with Crippen molar-refractivity contribution in [2.45, 2.75) is 31.7 Å². The quantitative estimate of drug-likeness (QED) is 0.187. The molecule has 2 N–H and O–H groups in total. The molecule has 1 aromatic heterocycles. The van der Waals surface area contributed by atoms with E-state index in [0.29, 0.717) is 6.54 Å². The van der Waals surface area contributed by atoms with E-state index < -0.39 is 0 Å². The first-order chi connectivity index (χ1) is 11.7. The van der Waals surface area contributed by atoms with E-state index in [2.05, 4.69) is 27.5 Å². The first kappa shape index (κ1) is 22.2. The Morgan fingerprint density at radius 2 is 2.04 bits per heavy atom. The van der Waals surface area contributed by atoms with E-state index in [9.17, 15) is 4.39 Å². The molecule has 0 bridgehead atoms. The largest absolute Gasteiger partial charge is 0.357 e. The SMILES string of the molecule is CCNC(=NCc1ncc(C)s1)NCCCSc1ccc(F)cc1.I. The van der Waals surface area contributed by atoms with Crippen molar-refractivity contribution in [1.29, 1.82) is 0 Å². The summed E-state index contributed by atoms with van der Waals surface area (Å²) in [7, 11) is 0. The zero-order valence-corrected chi connectivity index (χ0v) is 18.4. The van der Waals surface area contributed by atoms with Gasteiger partial charge in [0.2, 0.25) is 0 Å². The van der Waals surface area contributed by atoms with Gasteiger partial charge in [-0.15, -0.1) is 47.1 Å². The van der Waals surface area contributed by atoms with Crippen LogP contribution in [0.25, 0.3) is 0 Å². The zero-order chi connectivity index (χ0) is 17.2. The molecule has 0 aliphatic rings. The van der Waals surface area contributed by atoms with Gasteiger partial charge in [0.25, 0.3) is 0 Å². The summed E-state index contributed by atoms with van der Waals surface area (Å²) in [5.41, 5.74) is 0. The fraction of sp³-hybridized carbons (Fsp3) is 0.412. The van der Waals surface area contributed by atoms with E-state index in [1.165, 1.54) is 17.0 Å². The lowest BCUT2D eigenvalue weighted by Gasteiger charge is -2.10. The van der Waals surface area contributed by atoms with Gasteiger partial charge in [0, 0.05) is 29.1 Å². The Balaban J connectivity index is 0.00000312. The highest BCUT2D eigenvalue weighted by molar-refractivity contribution is 14.0. The van der Waals surface area contributed by atoms with Crippen LogP contribution < -0.4 is 10.6 Å². The maximum atomic E-state index is 12.8. The summed E-state index contributed by atoms with van der Waals surface area (Å²) in [6.45, 7) is 6.37. The highest BCUT2D eigenvalue weighted by atomic mass is 127. The molecule has 0 unspecified atom stereocenters. The summed E-state index contributed by atoms with van der Waals surface area (Å²) in [6.07, 6.45) is 2.88. The van der Waals surface area contributed by atoms with Crippen LogP contribution in [0, 0.1) is 12.7 Å². The van der Waals surface area contributed by atoms with Crippen LogP contribution >= 0.6 is 47.1 Å². The van der Waals surface area contributed by atoms with E-state index in [0.717, 1.165) is 41.1 Å². The summed E-state index contributed by atoms with van der Waals surface area (Å²) in [5, 5.41) is 7.60. The summed E-state index contributed by atoms with van der Waals surface area (Å²) < 4.78 is 12.8. The van der Waals surface area contributed by atoms with Crippen molar-refractivity contribution >= 4 is 53.0 Å². The second-order valence-electron chi connectivity index (χ2n) is 5.14. The van der Waals surface area contributed by atoms with Crippen molar-refractivity contribution in [2.75, 3.05) is 18.8 Å². The van der Waals surface area contributed by atoms with Gasteiger partial charge in [0.1, 0.15) is 10.8 Å². The number of hydrogen-bond donors (Lipinski definition) is 2. The number of nitrogens with one attached hydrogen (secondary N) is 2. The lowest BCUT2D eigenvalue weighted by atomic mass is 10.4. The number of benzene rings is 1. The molecule has 2 aromatic rings. The van der Waals surface area contributed by atoms with Crippen LogP contribution in [0.15, 0.2) is 40.4 Å². The summed E-state index contributed by atoms with van der Waals surface area (Å²) >= 11 is 3.41. The maximum absolute atomic E-state index is 12.8. The summed E-state index contributed by atoms with van der Waals surface area (Å²) in [6, 6.07) is 6.62. The van der Waals surface area contributed by atoms with Crippen LogP contribution in [-0.2, 0) is 6.54 Å². The topological polar surface area (TPSA) is 49.3 Å². The van der Waals surface area contributed by atoms with Gasteiger partial charge in [-0.3, -0.25) is 0 Å². The molecule has 1 aromatic carbocycles. The van der Waals surface area contributed by atoms with Crippen LogP contribution in [0.5, 0.6) is 0 Å². The fourth-order valence-corrected chi connectivity index (χ4v) is 3.53. The highest BCUT2D eigenvalue weighted by Crippen LogP contribution is 2.18. The van der Waals surface area contributed by atoms with Crippen LogP contribution in [0.3, 0.4) is 0 Å². The molecule has 0 saturated carbocycles. The van der Waals surface area contributed by atoms with E-state index in [1.807, 2.05) is 25.3 Å². The van der Waals surface area contributed by atoms with Gasteiger partial charge in [-0.05, 0) is 50.3 Å². The number of aryl methyl sites for hydroxylation is 1. The number of aromatic nitrogens is 1. The van der Waals surface area contributed by atoms with Gasteiger partial charge in [-0.25, -0.2) is 14.4 Å².